The first-order chi connectivity index (χ1) is 19.3. The van der Waals surface area contributed by atoms with Crippen molar-refractivity contribution in [2.45, 2.75) is 0 Å². The molecule has 2 heterocycles. The highest BCUT2D eigenvalue weighted by Crippen LogP contribution is 2.37. The fraction of sp³-hybridized carbons (Fsp3) is 0.0270. The molecule has 2 nitrogen and oxygen atoms in total. The minimum Gasteiger partial charge on any atom is -0.344 e. The molecule has 0 aliphatic rings. The number of benzene rings is 6. The molecule has 0 spiro atoms. The summed E-state index contributed by atoms with van der Waals surface area (Å²) < 4.78 is 4.72. The summed E-state index contributed by atoms with van der Waals surface area (Å²) in [6.07, 6.45) is 0. The van der Waals surface area contributed by atoms with E-state index in [1.54, 1.807) is 0 Å². The monoisotopic (exact) mass is 498 g/mol. The van der Waals surface area contributed by atoms with Gasteiger partial charge in [0.2, 0.25) is 0 Å². The van der Waals surface area contributed by atoms with Crippen molar-refractivity contribution in [2.75, 3.05) is 0 Å². The minimum absolute atomic E-state index is 1.17. The van der Waals surface area contributed by atoms with Gasteiger partial charge < -0.3 is 9.13 Å². The van der Waals surface area contributed by atoms with Gasteiger partial charge in [0.15, 0.2) is 0 Å². The van der Waals surface area contributed by atoms with Crippen molar-refractivity contribution in [2.24, 2.45) is 7.05 Å². The lowest BCUT2D eigenvalue weighted by Crippen LogP contribution is -1.94. The van der Waals surface area contributed by atoms with Crippen LogP contribution in [0, 0.1) is 0 Å². The highest BCUT2D eigenvalue weighted by molar-refractivity contribution is 6.11. The molecule has 0 saturated carbocycles. The molecule has 0 amide bonds. The van der Waals surface area contributed by atoms with Crippen molar-refractivity contribution < 1.29 is 0 Å². The summed E-state index contributed by atoms with van der Waals surface area (Å²) in [6.45, 7) is 0. The first-order valence-electron chi connectivity index (χ1n) is 13.4. The summed E-state index contributed by atoms with van der Waals surface area (Å²) in [4.78, 5) is 0. The normalized spacial score (nSPS) is 11.7. The Hall–Kier alpha value is -5.08. The van der Waals surface area contributed by atoms with Crippen molar-refractivity contribution in [1.29, 1.82) is 0 Å². The van der Waals surface area contributed by atoms with Crippen molar-refractivity contribution >= 4 is 43.6 Å². The lowest BCUT2D eigenvalue weighted by molar-refractivity contribution is 1.01. The molecular weight excluding hydrogens is 472 g/mol. The van der Waals surface area contributed by atoms with E-state index < -0.39 is 0 Å². The SMILES string of the molecule is Cn1c2ccccc2c2ccc(-c3ccc4c5ccccc5n(-c5cccc(-c6ccccc6)c5)c4c3)cc21. The van der Waals surface area contributed by atoms with E-state index >= 15 is 0 Å². The number of nitrogens with zero attached hydrogens (tertiary/aromatic N) is 2. The second-order valence-electron chi connectivity index (χ2n) is 10.3. The summed E-state index contributed by atoms with van der Waals surface area (Å²) >= 11 is 0. The van der Waals surface area contributed by atoms with Crippen LogP contribution in [-0.4, -0.2) is 9.13 Å². The Morgan fingerprint density at radius 3 is 1.67 bits per heavy atom. The summed E-state index contributed by atoms with van der Waals surface area (Å²) in [5.41, 5.74) is 11.0. The third-order valence-electron chi connectivity index (χ3n) is 8.13. The van der Waals surface area contributed by atoms with E-state index in [0.29, 0.717) is 0 Å². The van der Waals surface area contributed by atoms with Gasteiger partial charge >= 0.3 is 0 Å². The Bertz CT molecular complexity index is 2180. The van der Waals surface area contributed by atoms with Crippen LogP contribution in [0.25, 0.3) is 71.6 Å². The average Bonchev–Trinajstić information content (AvgIpc) is 3.49. The van der Waals surface area contributed by atoms with Gasteiger partial charge in [0.1, 0.15) is 0 Å². The molecule has 0 bridgehead atoms. The van der Waals surface area contributed by atoms with E-state index in [-0.39, 0.29) is 0 Å². The smallest absolute Gasteiger partial charge is 0.0547 e. The predicted octanol–water partition coefficient (Wildman–Crippen LogP) is 9.76. The Kier molecular flexibility index (Phi) is 4.77. The van der Waals surface area contributed by atoms with Gasteiger partial charge in [-0.25, -0.2) is 0 Å². The van der Waals surface area contributed by atoms with E-state index in [9.17, 15) is 0 Å². The third kappa shape index (κ3) is 3.35. The minimum atomic E-state index is 1.17. The zero-order chi connectivity index (χ0) is 25.9. The number of rotatable bonds is 3. The summed E-state index contributed by atoms with van der Waals surface area (Å²) in [5.74, 6) is 0. The van der Waals surface area contributed by atoms with Gasteiger partial charge in [0, 0.05) is 45.3 Å². The van der Waals surface area contributed by atoms with Crippen LogP contribution in [0.1, 0.15) is 0 Å². The van der Waals surface area contributed by atoms with Crippen molar-refractivity contribution in [1.82, 2.24) is 9.13 Å². The maximum absolute atomic E-state index is 2.41. The van der Waals surface area contributed by atoms with Crippen molar-refractivity contribution in [3.8, 4) is 27.9 Å². The van der Waals surface area contributed by atoms with Crippen LogP contribution in [0.15, 0.2) is 140 Å². The fourth-order valence-corrected chi connectivity index (χ4v) is 6.22. The molecule has 0 atom stereocenters. The topological polar surface area (TPSA) is 9.86 Å². The van der Waals surface area contributed by atoms with Gasteiger partial charge in [0.25, 0.3) is 0 Å². The second-order valence-corrected chi connectivity index (χ2v) is 10.3. The molecule has 0 saturated heterocycles. The van der Waals surface area contributed by atoms with Crippen LogP contribution < -0.4 is 0 Å². The zero-order valence-electron chi connectivity index (χ0n) is 21.7. The molecular formula is C37H26N2. The molecule has 39 heavy (non-hydrogen) atoms. The van der Waals surface area contributed by atoms with Gasteiger partial charge in [-0.2, -0.15) is 0 Å². The van der Waals surface area contributed by atoms with Crippen LogP contribution >= 0.6 is 0 Å². The molecule has 0 unspecified atom stereocenters. The Morgan fingerprint density at radius 2 is 0.897 bits per heavy atom. The average molecular weight is 499 g/mol. The molecule has 0 fully saturated rings. The van der Waals surface area contributed by atoms with Gasteiger partial charge in [0.05, 0.1) is 11.0 Å². The quantitative estimate of drug-likeness (QED) is 0.229. The van der Waals surface area contributed by atoms with E-state index in [0.717, 1.165) is 0 Å². The molecule has 8 rings (SSSR count). The van der Waals surface area contributed by atoms with E-state index in [1.807, 2.05) is 0 Å². The van der Waals surface area contributed by atoms with E-state index in [1.165, 1.54) is 71.6 Å². The van der Waals surface area contributed by atoms with Gasteiger partial charge in [-0.3, -0.25) is 0 Å². The predicted molar refractivity (Wildman–Crippen MR) is 166 cm³/mol. The van der Waals surface area contributed by atoms with Gasteiger partial charge in [-0.1, -0.05) is 103 Å². The van der Waals surface area contributed by atoms with Crippen LogP contribution in [0.3, 0.4) is 0 Å². The zero-order valence-corrected chi connectivity index (χ0v) is 21.7. The Labute approximate surface area is 227 Å². The standard InChI is InChI=1S/C37H26N2/c1-38-34-16-7-5-14-30(34)32-20-18-27(23-36(32)38)28-19-21-33-31-15-6-8-17-35(31)39(37(33)24-28)29-13-9-12-26(22-29)25-10-3-2-4-11-25/h2-24H,1H3. The first-order valence-corrected chi connectivity index (χ1v) is 13.4. The van der Waals surface area contributed by atoms with Crippen LogP contribution in [0.2, 0.25) is 0 Å². The lowest BCUT2D eigenvalue weighted by atomic mass is 10.0. The molecule has 0 radical (unpaired) electrons. The summed E-state index contributed by atoms with van der Waals surface area (Å²) in [7, 11) is 2.16. The van der Waals surface area contributed by atoms with E-state index in [4.69, 9.17) is 0 Å². The van der Waals surface area contributed by atoms with Crippen molar-refractivity contribution in [3.63, 3.8) is 0 Å². The molecule has 2 heteroatoms. The number of hydrogen-bond acceptors (Lipinski definition) is 0. The maximum Gasteiger partial charge on any atom is 0.0547 e. The van der Waals surface area contributed by atoms with Crippen molar-refractivity contribution in [3.05, 3.63) is 140 Å². The van der Waals surface area contributed by atoms with Crippen LogP contribution in [-0.2, 0) is 7.05 Å². The fourth-order valence-electron chi connectivity index (χ4n) is 6.22. The Morgan fingerprint density at radius 1 is 0.359 bits per heavy atom. The van der Waals surface area contributed by atoms with Crippen LogP contribution in [0.4, 0.5) is 0 Å². The number of aryl methyl sites for hydroxylation is 1. The Balaban J connectivity index is 1.35. The molecule has 184 valence electrons. The third-order valence-corrected chi connectivity index (χ3v) is 8.13. The summed E-state index contributed by atoms with van der Waals surface area (Å²) in [6, 6.07) is 50.6. The molecule has 0 N–H and O–H groups in total. The number of fused-ring (bicyclic) bond motifs is 6. The van der Waals surface area contributed by atoms with E-state index in [2.05, 4.69) is 156 Å². The van der Waals surface area contributed by atoms with Gasteiger partial charge in [-0.15, -0.1) is 0 Å². The molecule has 0 aliphatic heterocycles. The number of aromatic nitrogens is 2. The van der Waals surface area contributed by atoms with Crippen LogP contribution in [0.5, 0.6) is 0 Å². The molecule has 8 aromatic rings. The number of hydrogen-bond donors (Lipinski definition) is 0. The highest BCUT2D eigenvalue weighted by Gasteiger charge is 2.15. The molecule has 6 aromatic carbocycles. The second kappa shape index (κ2) is 8.47. The number of para-hydroxylation sites is 2. The lowest BCUT2D eigenvalue weighted by Gasteiger charge is -2.11. The largest absolute Gasteiger partial charge is 0.344 e. The molecule has 2 aromatic heterocycles. The van der Waals surface area contributed by atoms with Gasteiger partial charge in [-0.05, 0) is 58.7 Å². The summed E-state index contributed by atoms with van der Waals surface area (Å²) in [5, 5.41) is 5.14. The molecule has 0 aliphatic carbocycles. The first kappa shape index (κ1) is 22.0. The maximum atomic E-state index is 2.41. The highest BCUT2D eigenvalue weighted by atomic mass is 15.0.